The molecule has 7 nitrogen and oxygen atoms in total. The lowest BCUT2D eigenvalue weighted by Crippen LogP contribution is -2.18. The summed E-state index contributed by atoms with van der Waals surface area (Å²) in [6.07, 6.45) is 3.07. The van der Waals surface area contributed by atoms with E-state index in [0.29, 0.717) is 17.9 Å². The Kier molecular flexibility index (Phi) is 5.87. The summed E-state index contributed by atoms with van der Waals surface area (Å²) >= 11 is 3.40. The maximum absolute atomic E-state index is 12.2. The van der Waals surface area contributed by atoms with Crippen LogP contribution in [0.4, 0.5) is 0 Å². The number of halogens is 1. The second-order valence-corrected chi connectivity index (χ2v) is 6.54. The molecule has 0 bridgehead atoms. The van der Waals surface area contributed by atoms with E-state index in [1.54, 1.807) is 35.1 Å². The Morgan fingerprint density at radius 2 is 2.07 bits per heavy atom. The molecule has 0 saturated carbocycles. The number of para-hydroxylation sites is 1. The lowest BCUT2D eigenvalue weighted by atomic mass is 10.2. The van der Waals surface area contributed by atoms with Crippen molar-refractivity contribution >= 4 is 28.1 Å². The van der Waals surface area contributed by atoms with Crippen molar-refractivity contribution in [1.29, 1.82) is 0 Å². The maximum atomic E-state index is 12.2. The minimum atomic E-state index is -0.441. The Morgan fingerprint density at radius 3 is 2.81 bits per heavy atom. The molecule has 0 radical (unpaired) electrons. The van der Waals surface area contributed by atoms with Crippen LogP contribution in [0.3, 0.4) is 0 Å². The first-order chi connectivity index (χ1) is 13.1. The summed E-state index contributed by atoms with van der Waals surface area (Å²) in [5.41, 5.74) is 4.14. The van der Waals surface area contributed by atoms with Gasteiger partial charge in [-0.2, -0.15) is 10.2 Å². The van der Waals surface area contributed by atoms with Crippen LogP contribution in [0.25, 0.3) is 0 Å². The average molecular weight is 429 g/mol. The number of rotatable bonds is 6. The Labute approximate surface area is 164 Å². The first-order valence-electron chi connectivity index (χ1n) is 8.04. The van der Waals surface area contributed by atoms with Gasteiger partial charge in [0.1, 0.15) is 0 Å². The van der Waals surface area contributed by atoms with Crippen molar-refractivity contribution in [2.24, 2.45) is 5.10 Å². The molecule has 0 aliphatic carbocycles. The maximum Gasteiger partial charge on any atom is 0.291 e. The van der Waals surface area contributed by atoms with E-state index >= 15 is 0 Å². The highest BCUT2D eigenvalue weighted by Crippen LogP contribution is 2.27. The third-order valence-corrected chi connectivity index (χ3v) is 4.28. The summed E-state index contributed by atoms with van der Waals surface area (Å²) in [6, 6.07) is 14.5. The molecule has 27 heavy (non-hydrogen) atoms. The van der Waals surface area contributed by atoms with E-state index in [4.69, 9.17) is 4.74 Å². The van der Waals surface area contributed by atoms with E-state index in [2.05, 4.69) is 31.6 Å². The second kappa shape index (κ2) is 8.50. The van der Waals surface area contributed by atoms with Gasteiger partial charge < -0.3 is 9.84 Å². The first-order valence-corrected chi connectivity index (χ1v) is 8.83. The fourth-order valence-electron chi connectivity index (χ4n) is 2.37. The number of aromatic hydroxyl groups is 1. The number of hydrogen-bond donors (Lipinski definition) is 2. The van der Waals surface area contributed by atoms with Crippen LogP contribution < -0.4 is 10.2 Å². The number of carbonyl (C=O) groups is 1. The molecule has 1 amide bonds. The minimum absolute atomic E-state index is 0.0447. The highest BCUT2D eigenvalue weighted by molar-refractivity contribution is 9.10. The number of phenols is 1. The standard InChI is InChI=1S/C19H17BrN4O3/c1-27-17-4-2-3-14(18(17)25)11-21-22-19(26)16-9-10-24(23-16)12-13-5-7-15(20)8-6-13/h2-11,25H,12H2,1H3,(H,22,26)/b21-11+. The summed E-state index contributed by atoms with van der Waals surface area (Å²) < 4.78 is 7.71. The van der Waals surface area contributed by atoms with Crippen LogP contribution in [0.15, 0.2) is 64.3 Å². The van der Waals surface area contributed by atoms with Crippen molar-refractivity contribution in [2.45, 2.75) is 6.54 Å². The molecule has 0 aliphatic heterocycles. The molecule has 3 aromatic rings. The van der Waals surface area contributed by atoms with Crippen LogP contribution in [0, 0.1) is 0 Å². The number of nitrogens with zero attached hydrogens (tertiary/aromatic N) is 3. The fourth-order valence-corrected chi connectivity index (χ4v) is 2.64. The van der Waals surface area contributed by atoms with Gasteiger partial charge in [-0.1, -0.05) is 34.1 Å². The molecule has 2 aromatic carbocycles. The first kappa shape index (κ1) is 18.7. The smallest absolute Gasteiger partial charge is 0.291 e. The molecule has 0 saturated heterocycles. The number of phenolic OH excluding ortho intramolecular Hbond substituents is 1. The zero-order chi connectivity index (χ0) is 19.2. The largest absolute Gasteiger partial charge is 0.504 e. The zero-order valence-corrected chi connectivity index (χ0v) is 16.0. The number of hydrogen-bond acceptors (Lipinski definition) is 5. The molecular weight excluding hydrogens is 412 g/mol. The van der Waals surface area contributed by atoms with E-state index in [1.165, 1.54) is 13.3 Å². The van der Waals surface area contributed by atoms with Crippen LogP contribution in [0.2, 0.25) is 0 Å². The Bertz CT molecular complexity index is 967. The van der Waals surface area contributed by atoms with E-state index in [0.717, 1.165) is 10.0 Å². The van der Waals surface area contributed by atoms with Gasteiger partial charge in [0.25, 0.3) is 5.91 Å². The SMILES string of the molecule is COc1cccc(/C=N/NC(=O)c2ccn(Cc3ccc(Br)cc3)n2)c1O. The van der Waals surface area contributed by atoms with Gasteiger partial charge in [-0.15, -0.1) is 0 Å². The molecule has 1 aromatic heterocycles. The molecule has 0 atom stereocenters. The van der Waals surface area contributed by atoms with Gasteiger partial charge in [-0.25, -0.2) is 5.43 Å². The van der Waals surface area contributed by atoms with Crippen LogP contribution in [-0.2, 0) is 6.54 Å². The molecule has 3 rings (SSSR count). The Hall–Kier alpha value is -3.13. The fraction of sp³-hybridized carbons (Fsp3) is 0.105. The molecule has 8 heteroatoms. The van der Waals surface area contributed by atoms with Crippen LogP contribution in [0.1, 0.15) is 21.6 Å². The number of nitrogens with one attached hydrogen (secondary N) is 1. The molecule has 0 aliphatic rings. The topological polar surface area (TPSA) is 88.7 Å². The van der Waals surface area contributed by atoms with Gasteiger partial charge in [0, 0.05) is 16.2 Å². The monoisotopic (exact) mass is 428 g/mol. The molecule has 2 N–H and O–H groups in total. The van der Waals surface area contributed by atoms with Crippen molar-refractivity contribution in [1.82, 2.24) is 15.2 Å². The van der Waals surface area contributed by atoms with Crippen molar-refractivity contribution < 1.29 is 14.6 Å². The van der Waals surface area contributed by atoms with Crippen molar-refractivity contribution in [3.8, 4) is 11.5 Å². The number of amides is 1. The number of hydrazone groups is 1. The third-order valence-electron chi connectivity index (χ3n) is 3.75. The Morgan fingerprint density at radius 1 is 1.30 bits per heavy atom. The van der Waals surface area contributed by atoms with Crippen molar-refractivity contribution in [2.75, 3.05) is 7.11 Å². The van der Waals surface area contributed by atoms with Crippen molar-refractivity contribution in [3.05, 3.63) is 76.0 Å². The third kappa shape index (κ3) is 4.73. The van der Waals surface area contributed by atoms with E-state index in [1.807, 2.05) is 24.3 Å². The van der Waals surface area contributed by atoms with E-state index in [9.17, 15) is 9.90 Å². The zero-order valence-electron chi connectivity index (χ0n) is 14.5. The summed E-state index contributed by atoms with van der Waals surface area (Å²) in [7, 11) is 1.46. The van der Waals surface area contributed by atoms with Crippen LogP contribution >= 0.6 is 15.9 Å². The molecule has 0 unspecified atom stereocenters. The molecule has 0 fully saturated rings. The highest BCUT2D eigenvalue weighted by Gasteiger charge is 2.09. The van der Waals surface area contributed by atoms with E-state index < -0.39 is 5.91 Å². The lowest BCUT2D eigenvalue weighted by Gasteiger charge is -2.04. The van der Waals surface area contributed by atoms with Gasteiger partial charge in [0.05, 0.1) is 19.9 Å². The number of benzene rings is 2. The molecule has 138 valence electrons. The van der Waals surface area contributed by atoms with Gasteiger partial charge in [-0.05, 0) is 35.9 Å². The summed E-state index contributed by atoms with van der Waals surface area (Å²) in [4.78, 5) is 12.2. The Balaban J connectivity index is 1.62. The second-order valence-electron chi connectivity index (χ2n) is 5.62. The number of aromatic nitrogens is 2. The summed E-state index contributed by atoms with van der Waals surface area (Å²) in [5, 5.41) is 18.1. The molecule has 1 heterocycles. The van der Waals surface area contributed by atoms with Gasteiger partial charge in [0.2, 0.25) is 0 Å². The number of carbonyl (C=O) groups excluding carboxylic acids is 1. The normalized spacial score (nSPS) is 10.9. The predicted octanol–water partition coefficient (Wildman–Crippen LogP) is 3.17. The number of methoxy groups -OCH3 is 1. The van der Waals surface area contributed by atoms with Crippen molar-refractivity contribution in [3.63, 3.8) is 0 Å². The highest BCUT2D eigenvalue weighted by atomic mass is 79.9. The predicted molar refractivity (Wildman–Crippen MR) is 105 cm³/mol. The molecule has 0 spiro atoms. The van der Waals surface area contributed by atoms with Crippen LogP contribution in [-0.4, -0.2) is 34.1 Å². The summed E-state index contributed by atoms with van der Waals surface area (Å²) in [5.74, 6) is -0.156. The molecular formula is C19H17BrN4O3. The van der Waals surface area contributed by atoms with Gasteiger partial charge in [-0.3, -0.25) is 9.48 Å². The van der Waals surface area contributed by atoms with E-state index in [-0.39, 0.29) is 11.4 Å². The lowest BCUT2D eigenvalue weighted by molar-refractivity contribution is 0.0949. The quantitative estimate of drug-likeness (QED) is 0.466. The minimum Gasteiger partial charge on any atom is -0.504 e. The van der Waals surface area contributed by atoms with Gasteiger partial charge >= 0.3 is 0 Å². The van der Waals surface area contributed by atoms with Gasteiger partial charge in [0.15, 0.2) is 17.2 Å². The average Bonchev–Trinajstić information content (AvgIpc) is 3.13. The van der Waals surface area contributed by atoms with Crippen LogP contribution in [0.5, 0.6) is 11.5 Å². The number of ether oxygens (including phenoxy) is 1. The summed E-state index contributed by atoms with van der Waals surface area (Å²) in [6.45, 7) is 0.557.